The zero-order valence-corrected chi connectivity index (χ0v) is 8.65. The first-order valence-corrected chi connectivity index (χ1v) is 4.61. The lowest BCUT2D eigenvalue weighted by Crippen LogP contribution is -2.28. The van der Waals surface area contributed by atoms with Gasteiger partial charge in [0.1, 0.15) is 11.9 Å². The molecule has 0 aromatic heterocycles. The summed E-state index contributed by atoms with van der Waals surface area (Å²) in [4.78, 5) is 0. The number of ether oxygens (including phenoxy) is 1. The Morgan fingerprint density at radius 2 is 2.00 bits per heavy atom. The summed E-state index contributed by atoms with van der Waals surface area (Å²) in [6.45, 7) is -0.308. The Balaban J connectivity index is 3.20. The van der Waals surface area contributed by atoms with Gasteiger partial charge in [-0.15, -0.1) is 0 Å². The molecule has 4 nitrogen and oxygen atoms in total. The third-order valence-electron chi connectivity index (χ3n) is 2.21. The lowest BCUT2D eigenvalue weighted by Gasteiger charge is -2.18. The summed E-state index contributed by atoms with van der Waals surface area (Å²) in [5.41, 5.74) is 4.45. The van der Waals surface area contributed by atoms with E-state index in [1.807, 2.05) is 0 Å². The van der Waals surface area contributed by atoms with Crippen molar-refractivity contribution in [2.24, 2.45) is 5.73 Å². The molecule has 0 aliphatic carbocycles. The molecule has 0 saturated heterocycles. The minimum atomic E-state index is -1.72. The minimum Gasteiger partial charge on any atom is -0.494 e. The van der Waals surface area contributed by atoms with E-state index < -0.39 is 29.4 Å². The second-order valence-electron chi connectivity index (χ2n) is 3.23. The van der Waals surface area contributed by atoms with Crippen LogP contribution >= 0.6 is 0 Å². The highest BCUT2D eigenvalue weighted by molar-refractivity contribution is 5.34. The average Bonchev–Trinajstić information content (AvgIpc) is 2.28. The van der Waals surface area contributed by atoms with Gasteiger partial charge in [-0.3, -0.25) is 0 Å². The SMILES string of the molecule is COc1ccc(F)c(C(O)C(O)CN)c1F. The van der Waals surface area contributed by atoms with Crippen molar-refractivity contribution < 1.29 is 23.7 Å². The van der Waals surface area contributed by atoms with Gasteiger partial charge in [-0.1, -0.05) is 0 Å². The van der Waals surface area contributed by atoms with Crippen molar-refractivity contribution in [3.63, 3.8) is 0 Å². The van der Waals surface area contributed by atoms with Gasteiger partial charge in [-0.05, 0) is 12.1 Å². The van der Waals surface area contributed by atoms with Gasteiger partial charge >= 0.3 is 0 Å². The molecule has 1 aromatic rings. The summed E-state index contributed by atoms with van der Waals surface area (Å²) in [6.07, 6.45) is -3.16. The fourth-order valence-corrected chi connectivity index (χ4v) is 1.30. The van der Waals surface area contributed by atoms with Crippen LogP contribution < -0.4 is 10.5 Å². The summed E-state index contributed by atoms with van der Waals surface area (Å²) in [7, 11) is 1.21. The molecule has 16 heavy (non-hydrogen) atoms. The Bertz CT molecular complexity index is 373. The van der Waals surface area contributed by atoms with Crippen LogP contribution in [0, 0.1) is 11.6 Å². The molecule has 6 heteroatoms. The molecule has 90 valence electrons. The van der Waals surface area contributed by atoms with E-state index in [-0.39, 0.29) is 12.3 Å². The predicted molar refractivity (Wildman–Crippen MR) is 52.9 cm³/mol. The number of halogens is 2. The molecule has 0 radical (unpaired) electrons. The number of hydrogen-bond donors (Lipinski definition) is 3. The Kier molecular flexibility index (Phi) is 4.17. The van der Waals surface area contributed by atoms with E-state index in [0.717, 1.165) is 12.1 Å². The van der Waals surface area contributed by atoms with Crippen LogP contribution in [0.5, 0.6) is 5.75 Å². The summed E-state index contributed by atoms with van der Waals surface area (Å²) >= 11 is 0. The lowest BCUT2D eigenvalue weighted by molar-refractivity contribution is 0.0196. The number of methoxy groups -OCH3 is 1. The molecule has 2 atom stereocenters. The van der Waals surface area contributed by atoms with Gasteiger partial charge in [-0.2, -0.15) is 0 Å². The van der Waals surface area contributed by atoms with Crippen molar-refractivity contribution in [1.29, 1.82) is 0 Å². The number of aliphatic hydroxyl groups excluding tert-OH is 2. The molecule has 0 aliphatic heterocycles. The van der Waals surface area contributed by atoms with Crippen LogP contribution in [-0.2, 0) is 0 Å². The summed E-state index contributed by atoms with van der Waals surface area (Å²) in [5.74, 6) is -2.21. The van der Waals surface area contributed by atoms with E-state index in [1.165, 1.54) is 7.11 Å². The molecule has 0 saturated carbocycles. The second kappa shape index (κ2) is 5.20. The molecule has 0 spiro atoms. The van der Waals surface area contributed by atoms with Crippen molar-refractivity contribution in [2.45, 2.75) is 12.2 Å². The Hall–Kier alpha value is -1.24. The first-order chi connectivity index (χ1) is 7.52. The topological polar surface area (TPSA) is 75.7 Å². The molecule has 2 unspecified atom stereocenters. The second-order valence-corrected chi connectivity index (χ2v) is 3.23. The van der Waals surface area contributed by atoms with E-state index in [2.05, 4.69) is 4.74 Å². The smallest absolute Gasteiger partial charge is 0.173 e. The predicted octanol–water partition coefficient (Wildman–Crippen LogP) is 0.326. The number of hydrogen-bond acceptors (Lipinski definition) is 4. The zero-order chi connectivity index (χ0) is 12.3. The molecular formula is C10H13F2NO3. The van der Waals surface area contributed by atoms with Gasteiger partial charge in [0, 0.05) is 6.54 Å². The number of benzene rings is 1. The monoisotopic (exact) mass is 233 g/mol. The van der Waals surface area contributed by atoms with E-state index in [9.17, 15) is 19.0 Å². The van der Waals surface area contributed by atoms with Crippen molar-refractivity contribution in [3.8, 4) is 5.75 Å². The van der Waals surface area contributed by atoms with E-state index in [0.29, 0.717) is 0 Å². The Morgan fingerprint density at radius 3 is 2.50 bits per heavy atom. The van der Waals surface area contributed by atoms with Crippen LogP contribution in [0.4, 0.5) is 8.78 Å². The highest BCUT2D eigenvalue weighted by atomic mass is 19.1. The Morgan fingerprint density at radius 1 is 1.38 bits per heavy atom. The highest BCUT2D eigenvalue weighted by Gasteiger charge is 2.26. The van der Waals surface area contributed by atoms with Crippen LogP contribution in [0.3, 0.4) is 0 Å². The van der Waals surface area contributed by atoms with Crippen LogP contribution in [0.25, 0.3) is 0 Å². The van der Waals surface area contributed by atoms with Crippen molar-refractivity contribution >= 4 is 0 Å². The molecule has 1 aromatic carbocycles. The van der Waals surface area contributed by atoms with E-state index in [4.69, 9.17) is 5.73 Å². The summed E-state index contributed by atoms with van der Waals surface area (Å²) in [5, 5.41) is 18.7. The van der Waals surface area contributed by atoms with Gasteiger partial charge in [0.25, 0.3) is 0 Å². The highest BCUT2D eigenvalue weighted by Crippen LogP contribution is 2.29. The minimum absolute atomic E-state index is 0.209. The van der Waals surface area contributed by atoms with E-state index in [1.54, 1.807) is 0 Å². The normalized spacial score (nSPS) is 14.6. The number of nitrogens with two attached hydrogens (primary N) is 1. The van der Waals surface area contributed by atoms with Gasteiger partial charge in [0.15, 0.2) is 11.6 Å². The fraction of sp³-hybridized carbons (Fsp3) is 0.400. The fourth-order valence-electron chi connectivity index (χ4n) is 1.30. The summed E-state index contributed by atoms with van der Waals surface area (Å²) < 4.78 is 31.5. The first kappa shape index (κ1) is 12.8. The maximum absolute atomic E-state index is 13.6. The zero-order valence-electron chi connectivity index (χ0n) is 8.65. The molecule has 0 fully saturated rings. The largest absolute Gasteiger partial charge is 0.494 e. The lowest BCUT2D eigenvalue weighted by atomic mass is 10.0. The molecule has 0 aliphatic rings. The molecule has 0 amide bonds. The van der Waals surface area contributed by atoms with Crippen LogP contribution in [0.15, 0.2) is 12.1 Å². The van der Waals surface area contributed by atoms with Crippen molar-refractivity contribution in [1.82, 2.24) is 0 Å². The third kappa shape index (κ3) is 2.29. The van der Waals surface area contributed by atoms with Crippen LogP contribution in [-0.4, -0.2) is 30.0 Å². The molecule has 1 rings (SSSR count). The Labute approximate surface area is 91.3 Å². The first-order valence-electron chi connectivity index (χ1n) is 4.61. The van der Waals surface area contributed by atoms with Crippen LogP contribution in [0.2, 0.25) is 0 Å². The van der Waals surface area contributed by atoms with Gasteiger partial charge in [0.2, 0.25) is 0 Å². The molecular weight excluding hydrogens is 220 g/mol. The van der Waals surface area contributed by atoms with Crippen molar-refractivity contribution in [2.75, 3.05) is 13.7 Å². The summed E-state index contributed by atoms with van der Waals surface area (Å²) in [6, 6.07) is 2.04. The maximum atomic E-state index is 13.6. The van der Waals surface area contributed by atoms with Crippen LogP contribution in [0.1, 0.15) is 11.7 Å². The number of rotatable bonds is 4. The quantitative estimate of drug-likeness (QED) is 0.700. The number of aliphatic hydroxyl groups is 2. The van der Waals surface area contributed by atoms with Gasteiger partial charge < -0.3 is 20.7 Å². The maximum Gasteiger partial charge on any atom is 0.173 e. The third-order valence-corrected chi connectivity index (χ3v) is 2.21. The average molecular weight is 233 g/mol. The van der Waals surface area contributed by atoms with E-state index >= 15 is 0 Å². The molecule has 0 heterocycles. The van der Waals surface area contributed by atoms with Gasteiger partial charge in [-0.25, -0.2) is 8.78 Å². The van der Waals surface area contributed by atoms with Gasteiger partial charge in [0.05, 0.1) is 18.8 Å². The molecule has 4 N–H and O–H groups in total. The van der Waals surface area contributed by atoms with Crippen molar-refractivity contribution in [3.05, 3.63) is 29.3 Å². The standard InChI is InChI=1S/C10H13F2NO3/c1-16-7-3-2-5(11)8(9(7)12)10(15)6(14)4-13/h2-3,6,10,14-15H,4,13H2,1H3. The molecule has 0 bridgehead atoms.